The van der Waals surface area contributed by atoms with Gasteiger partial charge in [0.15, 0.2) is 0 Å². The maximum atomic E-state index is 12.0. The minimum atomic E-state index is 0.314. The molecule has 1 rings (SSSR count). The molecular weight excluding hydrogens is 262 g/mol. The molecular formula is C17H35N3O. The average molecular weight is 297 g/mol. The van der Waals surface area contributed by atoms with Crippen molar-refractivity contribution in [1.82, 2.24) is 15.1 Å². The van der Waals surface area contributed by atoms with E-state index in [0.29, 0.717) is 18.4 Å². The SMILES string of the molecule is CCCCN(CCCC(=O)N(CC)CC)CC1CCCN1. The second-order valence-corrected chi connectivity index (χ2v) is 6.12. The Morgan fingerprint density at radius 3 is 2.43 bits per heavy atom. The van der Waals surface area contributed by atoms with Crippen LogP contribution in [0, 0.1) is 0 Å². The Morgan fingerprint density at radius 2 is 1.86 bits per heavy atom. The molecule has 0 aromatic heterocycles. The molecule has 1 heterocycles. The van der Waals surface area contributed by atoms with E-state index in [1.807, 2.05) is 4.90 Å². The van der Waals surface area contributed by atoms with Gasteiger partial charge in [-0.05, 0) is 59.2 Å². The van der Waals surface area contributed by atoms with Crippen LogP contribution < -0.4 is 5.32 Å². The fourth-order valence-electron chi connectivity index (χ4n) is 3.09. The fourth-order valence-corrected chi connectivity index (χ4v) is 3.09. The van der Waals surface area contributed by atoms with Crippen molar-refractivity contribution in [3.8, 4) is 0 Å². The number of hydrogen-bond donors (Lipinski definition) is 1. The molecule has 4 nitrogen and oxygen atoms in total. The summed E-state index contributed by atoms with van der Waals surface area (Å²) in [6.45, 7) is 12.6. The summed E-state index contributed by atoms with van der Waals surface area (Å²) in [5, 5.41) is 3.58. The van der Waals surface area contributed by atoms with Gasteiger partial charge in [0.25, 0.3) is 0 Å². The molecule has 1 amide bonds. The highest BCUT2D eigenvalue weighted by molar-refractivity contribution is 5.76. The van der Waals surface area contributed by atoms with Gasteiger partial charge in [0, 0.05) is 32.1 Å². The van der Waals surface area contributed by atoms with Gasteiger partial charge in [0.1, 0.15) is 0 Å². The number of hydrogen-bond acceptors (Lipinski definition) is 3. The van der Waals surface area contributed by atoms with Crippen molar-refractivity contribution in [2.45, 2.75) is 65.3 Å². The smallest absolute Gasteiger partial charge is 0.222 e. The van der Waals surface area contributed by atoms with Gasteiger partial charge >= 0.3 is 0 Å². The molecule has 0 bridgehead atoms. The Kier molecular flexibility index (Phi) is 9.68. The van der Waals surface area contributed by atoms with Crippen molar-refractivity contribution >= 4 is 5.91 Å². The Balaban J connectivity index is 2.29. The van der Waals surface area contributed by atoms with E-state index < -0.39 is 0 Å². The maximum Gasteiger partial charge on any atom is 0.222 e. The quantitative estimate of drug-likeness (QED) is 0.636. The first-order valence-corrected chi connectivity index (χ1v) is 8.94. The van der Waals surface area contributed by atoms with Gasteiger partial charge in [0.05, 0.1) is 0 Å². The molecule has 0 saturated carbocycles. The Bertz CT molecular complexity index is 273. The number of nitrogens with one attached hydrogen (secondary N) is 1. The number of nitrogens with zero attached hydrogens (tertiary/aromatic N) is 2. The number of carbonyl (C=O) groups is 1. The van der Waals surface area contributed by atoms with E-state index in [-0.39, 0.29) is 0 Å². The molecule has 1 fully saturated rings. The summed E-state index contributed by atoms with van der Waals surface area (Å²) < 4.78 is 0. The van der Waals surface area contributed by atoms with Crippen molar-refractivity contribution in [3.63, 3.8) is 0 Å². The van der Waals surface area contributed by atoms with Crippen molar-refractivity contribution in [2.24, 2.45) is 0 Å². The van der Waals surface area contributed by atoms with E-state index in [1.165, 1.54) is 38.8 Å². The van der Waals surface area contributed by atoms with Crippen molar-refractivity contribution in [3.05, 3.63) is 0 Å². The van der Waals surface area contributed by atoms with Crippen LogP contribution in [0.4, 0.5) is 0 Å². The third kappa shape index (κ3) is 7.28. The summed E-state index contributed by atoms with van der Waals surface area (Å²) >= 11 is 0. The second kappa shape index (κ2) is 11.0. The first-order valence-electron chi connectivity index (χ1n) is 8.94. The predicted octanol–water partition coefficient (Wildman–Crippen LogP) is 2.49. The van der Waals surface area contributed by atoms with Crippen LogP contribution in [0.1, 0.15) is 59.3 Å². The molecule has 21 heavy (non-hydrogen) atoms. The minimum Gasteiger partial charge on any atom is -0.343 e. The van der Waals surface area contributed by atoms with E-state index in [9.17, 15) is 4.79 Å². The van der Waals surface area contributed by atoms with Gasteiger partial charge in [-0.2, -0.15) is 0 Å². The lowest BCUT2D eigenvalue weighted by Crippen LogP contribution is -2.39. The van der Waals surface area contributed by atoms with Gasteiger partial charge in [-0.25, -0.2) is 0 Å². The topological polar surface area (TPSA) is 35.6 Å². The highest BCUT2D eigenvalue weighted by atomic mass is 16.2. The molecule has 1 aliphatic heterocycles. The van der Waals surface area contributed by atoms with Crippen LogP contribution in [-0.2, 0) is 4.79 Å². The molecule has 4 heteroatoms. The van der Waals surface area contributed by atoms with Gasteiger partial charge in [-0.3, -0.25) is 4.79 Å². The first-order chi connectivity index (χ1) is 10.2. The molecule has 0 spiro atoms. The van der Waals surface area contributed by atoms with Crippen LogP contribution in [0.2, 0.25) is 0 Å². The summed E-state index contributed by atoms with van der Waals surface area (Å²) in [5.41, 5.74) is 0. The van der Waals surface area contributed by atoms with Crippen molar-refractivity contribution in [2.75, 3.05) is 39.3 Å². The van der Waals surface area contributed by atoms with Crippen molar-refractivity contribution < 1.29 is 4.79 Å². The largest absolute Gasteiger partial charge is 0.343 e. The third-order valence-corrected chi connectivity index (χ3v) is 4.45. The van der Waals surface area contributed by atoms with E-state index in [2.05, 4.69) is 31.0 Å². The molecule has 0 aliphatic carbocycles. The van der Waals surface area contributed by atoms with Gasteiger partial charge < -0.3 is 15.1 Å². The number of unbranched alkanes of at least 4 members (excludes halogenated alkanes) is 1. The number of carbonyl (C=O) groups excluding carboxylic acids is 1. The average Bonchev–Trinajstić information content (AvgIpc) is 2.98. The van der Waals surface area contributed by atoms with Crippen LogP contribution in [-0.4, -0.2) is 61.0 Å². The number of rotatable bonds is 11. The highest BCUT2D eigenvalue weighted by Gasteiger charge is 2.18. The zero-order valence-electron chi connectivity index (χ0n) is 14.4. The summed E-state index contributed by atoms with van der Waals surface area (Å²) in [6, 6.07) is 0.667. The molecule has 0 aromatic carbocycles. The molecule has 124 valence electrons. The van der Waals surface area contributed by atoms with Crippen LogP contribution >= 0.6 is 0 Å². The predicted molar refractivity (Wildman–Crippen MR) is 89.5 cm³/mol. The van der Waals surface area contributed by atoms with Crippen molar-refractivity contribution in [1.29, 1.82) is 0 Å². The fraction of sp³-hybridized carbons (Fsp3) is 0.941. The van der Waals surface area contributed by atoms with Gasteiger partial charge in [-0.1, -0.05) is 13.3 Å². The second-order valence-electron chi connectivity index (χ2n) is 6.12. The summed E-state index contributed by atoms with van der Waals surface area (Å²) in [7, 11) is 0. The standard InChI is InChI=1S/C17H35N3O/c1-4-7-13-19(15-16-10-8-12-18-16)14-9-11-17(21)20(5-2)6-3/h16,18H,4-15H2,1-3H3. The molecule has 1 N–H and O–H groups in total. The molecule has 1 saturated heterocycles. The number of amides is 1. The Hall–Kier alpha value is -0.610. The van der Waals surface area contributed by atoms with Crippen LogP contribution in [0.5, 0.6) is 0 Å². The molecule has 0 radical (unpaired) electrons. The van der Waals surface area contributed by atoms with E-state index >= 15 is 0 Å². The molecule has 1 atom stereocenters. The van der Waals surface area contributed by atoms with Gasteiger partial charge in [0.2, 0.25) is 5.91 Å². The Morgan fingerprint density at radius 1 is 1.14 bits per heavy atom. The first kappa shape index (κ1) is 18.4. The summed E-state index contributed by atoms with van der Waals surface area (Å²) in [6.07, 6.45) is 6.81. The van der Waals surface area contributed by atoms with Crippen LogP contribution in [0.25, 0.3) is 0 Å². The lowest BCUT2D eigenvalue weighted by molar-refractivity contribution is -0.130. The van der Waals surface area contributed by atoms with Gasteiger partial charge in [-0.15, -0.1) is 0 Å². The lowest BCUT2D eigenvalue weighted by atomic mass is 10.2. The van der Waals surface area contributed by atoms with E-state index in [4.69, 9.17) is 0 Å². The zero-order valence-corrected chi connectivity index (χ0v) is 14.4. The lowest BCUT2D eigenvalue weighted by Gasteiger charge is -2.26. The summed E-state index contributed by atoms with van der Waals surface area (Å²) in [5.74, 6) is 0.314. The normalized spacial score (nSPS) is 18.4. The maximum absolute atomic E-state index is 12.0. The molecule has 1 unspecified atom stereocenters. The summed E-state index contributed by atoms with van der Waals surface area (Å²) in [4.78, 5) is 16.5. The molecule has 0 aromatic rings. The van der Waals surface area contributed by atoms with E-state index in [0.717, 1.165) is 32.6 Å². The van der Waals surface area contributed by atoms with Crippen LogP contribution in [0.15, 0.2) is 0 Å². The third-order valence-electron chi connectivity index (χ3n) is 4.45. The Labute approximate surface area is 131 Å². The minimum absolute atomic E-state index is 0.314. The zero-order chi connectivity index (χ0) is 15.5. The monoisotopic (exact) mass is 297 g/mol. The van der Waals surface area contributed by atoms with Crippen LogP contribution in [0.3, 0.4) is 0 Å². The van der Waals surface area contributed by atoms with E-state index in [1.54, 1.807) is 0 Å². The highest BCUT2D eigenvalue weighted by Crippen LogP contribution is 2.09. The molecule has 1 aliphatic rings.